The number of amides is 1. The van der Waals surface area contributed by atoms with Crippen LogP contribution in [0.5, 0.6) is 0 Å². The number of alkyl halides is 2. The predicted octanol–water partition coefficient (Wildman–Crippen LogP) is 3.66. The first-order chi connectivity index (χ1) is 8.92. The van der Waals surface area contributed by atoms with Gasteiger partial charge in [0.25, 0.3) is 0 Å². The molecule has 2 heterocycles. The molecular formula is C12H11Cl2N3OS. The first-order valence-electron chi connectivity index (χ1n) is 5.71. The average molecular weight is 316 g/mol. The van der Waals surface area contributed by atoms with Crippen molar-refractivity contribution in [2.24, 2.45) is 5.41 Å². The van der Waals surface area contributed by atoms with Gasteiger partial charge in [0.15, 0.2) is 5.13 Å². The molecule has 2 aromatic rings. The van der Waals surface area contributed by atoms with Crippen molar-refractivity contribution in [1.82, 2.24) is 9.97 Å². The lowest BCUT2D eigenvalue weighted by Gasteiger charge is -2.10. The molecule has 1 aliphatic carbocycles. The second kappa shape index (κ2) is 4.23. The Balaban J connectivity index is 1.73. The van der Waals surface area contributed by atoms with Crippen LogP contribution in [-0.2, 0) is 4.79 Å². The number of hydrogen-bond donors (Lipinski definition) is 2. The molecule has 1 amide bonds. The molecule has 1 fully saturated rings. The summed E-state index contributed by atoms with van der Waals surface area (Å²) in [5.41, 5.74) is 0.988. The van der Waals surface area contributed by atoms with E-state index in [0.29, 0.717) is 11.6 Å². The number of rotatable bonds is 3. The van der Waals surface area contributed by atoms with Crippen LogP contribution in [0.3, 0.4) is 0 Å². The van der Waals surface area contributed by atoms with Crippen LogP contribution in [0.15, 0.2) is 23.7 Å². The van der Waals surface area contributed by atoms with E-state index in [9.17, 15) is 4.79 Å². The first-order valence-corrected chi connectivity index (χ1v) is 7.34. The zero-order valence-electron chi connectivity index (χ0n) is 10.0. The molecule has 0 radical (unpaired) electrons. The van der Waals surface area contributed by atoms with Gasteiger partial charge in [0, 0.05) is 11.6 Å². The van der Waals surface area contributed by atoms with Gasteiger partial charge in [0.1, 0.15) is 4.33 Å². The lowest BCUT2D eigenvalue weighted by atomic mass is 10.1. The van der Waals surface area contributed by atoms with Gasteiger partial charge in [-0.15, -0.1) is 34.5 Å². The number of carbonyl (C=O) groups is 1. The summed E-state index contributed by atoms with van der Waals surface area (Å²) in [5, 5.41) is 5.20. The van der Waals surface area contributed by atoms with Gasteiger partial charge in [-0.05, 0) is 25.5 Å². The Bertz CT molecular complexity index is 623. The summed E-state index contributed by atoms with van der Waals surface area (Å²) in [4.78, 5) is 19.5. The van der Waals surface area contributed by atoms with Crippen molar-refractivity contribution in [2.45, 2.75) is 17.7 Å². The van der Waals surface area contributed by atoms with Crippen molar-refractivity contribution in [3.63, 3.8) is 0 Å². The highest BCUT2D eigenvalue weighted by molar-refractivity contribution is 7.14. The highest BCUT2D eigenvalue weighted by atomic mass is 35.5. The van der Waals surface area contributed by atoms with Gasteiger partial charge in [0.05, 0.1) is 16.8 Å². The minimum absolute atomic E-state index is 0.190. The van der Waals surface area contributed by atoms with E-state index in [1.807, 2.05) is 23.7 Å². The molecule has 0 saturated heterocycles. The SMILES string of the molecule is C[C@]1(C(=O)Nc2nc(-c3ccc[nH]3)cs2)CC1(Cl)Cl. The third-order valence-electron chi connectivity index (χ3n) is 3.36. The summed E-state index contributed by atoms with van der Waals surface area (Å²) in [5.74, 6) is -0.190. The Kier molecular flexibility index (Phi) is 2.89. The standard InChI is InChI=1S/C12H11Cl2N3OS/c1-11(6-12(11,13)14)9(18)17-10-16-8(5-19-10)7-3-2-4-15-7/h2-5,15H,6H2,1H3,(H,16,17,18)/t11-/m1/s1. The number of aromatic amines is 1. The third-order valence-corrected chi connectivity index (χ3v) is 5.22. The molecule has 7 heteroatoms. The Labute approximate surface area is 124 Å². The molecular weight excluding hydrogens is 305 g/mol. The minimum Gasteiger partial charge on any atom is -0.360 e. The Morgan fingerprint density at radius 1 is 1.58 bits per heavy atom. The predicted molar refractivity (Wildman–Crippen MR) is 77.7 cm³/mol. The molecule has 0 spiro atoms. The number of nitrogens with one attached hydrogen (secondary N) is 2. The molecule has 1 aliphatic rings. The van der Waals surface area contributed by atoms with Crippen LogP contribution in [0.25, 0.3) is 11.4 Å². The van der Waals surface area contributed by atoms with E-state index in [2.05, 4.69) is 15.3 Å². The molecule has 0 aliphatic heterocycles. The van der Waals surface area contributed by atoms with Gasteiger partial charge in [-0.1, -0.05) is 0 Å². The van der Waals surface area contributed by atoms with Crippen LogP contribution in [0.2, 0.25) is 0 Å². The van der Waals surface area contributed by atoms with E-state index < -0.39 is 9.75 Å². The van der Waals surface area contributed by atoms with Crippen molar-refractivity contribution in [2.75, 3.05) is 5.32 Å². The number of halogens is 2. The molecule has 1 atom stereocenters. The second-order valence-electron chi connectivity index (χ2n) is 4.79. The third kappa shape index (κ3) is 2.16. The summed E-state index contributed by atoms with van der Waals surface area (Å²) >= 11 is 13.3. The fourth-order valence-electron chi connectivity index (χ4n) is 1.83. The monoisotopic (exact) mass is 315 g/mol. The molecule has 0 unspecified atom stereocenters. The quantitative estimate of drug-likeness (QED) is 0.849. The summed E-state index contributed by atoms with van der Waals surface area (Å²) in [6.45, 7) is 1.75. The fraction of sp³-hybridized carbons (Fsp3) is 0.333. The van der Waals surface area contributed by atoms with E-state index in [-0.39, 0.29) is 5.91 Å². The normalized spacial score (nSPS) is 24.2. The summed E-state index contributed by atoms with van der Waals surface area (Å²) in [6, 6.07) is 3.82. The van der Waals surface area contributed by atoms with Crippen LogP contribution in [0.1, 0.15) is 13.3 Å². The largest absolute Gasteiger partial charge is 0.360 e. The van der Waals surface area contributed by atoms with Gasteiger partial charge in [-0.2, -0.15) is 0 Å². The molecule has 0 bridgehead atoms. The number of nitrogens with zero attached hydrogens (tertiary/aromatic N) is 1. The van der Waals surface area contributed by atoms with Crippen molar-refractivity contribution < 1.29 is 4.79 Å². The zero-order valence-corrected chi connectivity index (χ0v) is 12.4. The van der Waals surface area contributed by atoms with Crippen molar-refractivity contribution >= 4 is 45.6 Å². The second-order valence-corrected chi connectivity index (χ2v) is 7.13. The van der Waals surface area contributed by atoms with Crippen LogP contribution in [0, 0.1) is 5.41 Å². The highest BCUT2D eigenvalue weighted by Crippen LogP contribution is 2.64. The molecule has 1 saturated carbocycles. The van der Waals surface area contributed by atoms with Gasteiger partial charge in [-0.3, -0.25) is 4.79 Å². The van der Waals surface area contributed by atoms with Crippen LogP contribution < -0.4 is 5.32 Å². The minimum atomic E-state index is -0.962. The van der Waals surface area contributed by atoms with Crippen molar-refractivity contribution in [3.8, 4) is 11.4 Å². The molecule has 100 valence electrons. The van der Waals surface area contributed by atoms with E-state index in [0.717, 1.165) is 11.4 Å². The molecule has 0 aromatic carbocycles. The fourth-order valence-corrected chi connectivity index (χ4v) is 3.24. The maximum absolute atomic E-state index is 12.1. The topological polar surface area (TPSA) is 57.8 Å². The molecule has 19 heavy (non-hydrogen) atoms. The Morgan fingerprint density at radius 2 is 2.32 bits per heavy atom. The van der Waals surface area contributed by atoms with Crippen molar-refractivity contribution in [3.05, 3.63) is 23.7 Å². The van der Waals surface area contributed by atoms with Gasteiger partial charge in [-0.25, -0.2) is 4.98 Å². The average Bonchev–Trinajstić information content (AvgIpc) is 2.83. The van der Waals surface area contributed by atoms with Gasteiger partial charge < -0.3 is 10.3 Å². The van der Waals surface area contributed by atoms with Crippen LogP contribution in [0.4, 0.5) is 5.13 Å². The Hall–Kier alpha value is -1.04. The highest BCUT2D eigenvalue weighted by Gasteiger charge is 2.68. The van der Waals surface area contributed by atoms with Crippen LogP contribution >= 0.6 is 34.5 Å². The molecule has 2 N–H and O–H groups in total. The summed E-state index contributed by atoms with van der Waals surface area (Å²) < 4.78 is -0.962. The van der Waals surface area contributed by atoms with Gasteiger partial charge >= 0.3 is 0 Å². The zero-order chi connectivity index (χ0) is 13.7. The Morgan fingerprint density at radius 3 is 2.89 bits per heavy atom. The maximum atomic E-state index is 12.1. The molecule has 4 nitrogen and oxygen atoms in total. The summed E-state index contributed by atoms with van der Waals surface area (Å²) in [6.07, 6.45) is 2.29. The smallest absolute Gasteiger partial charge is 0.235 e. The van der Waals surface area contributed by atoms with Gasteiger partial charge in [0.2, 0.25) is 5.91 Å². The lowest BCUT2D eigenvalue weighted by Crippen LogP contribution is -2.25. The van der Waals surface area contributed by atoms with E-state index in [1.54, 1.807) is 6.92 Å². The number of anilines is 1. The molecule has 2 aromatic heterocycles. The lowest BCUT2D eigenvalue weighted by molar-refractivity contribution is -0.120. The molecule has 3 rings (SSSR count). The summed E-state index contributed by atoms with van der Waals surface area (Å²) in [7, 11) is 0. The van der Waals surface area contributed by atoms with Crippen molar-refractivity contribution in [1.29, 1.82) is 0 Å². The van der Waals surface area contributed by atoms with Crippen LogP contribution in [-0.4, -0.2) is 20.2 Å². The van der Waals surface area contributed by atoms with E-state index in [1.165, 1.54) is 11.3 Å². The van der Waals surface area contributed by atoms with E-state index >= 15 is 0 Å². The number of H-pyrrole nitrogens is 1. The number of carbonyl (C=O) groups excluding carboxylic acids is 1. The number of aromatic nitrogens is 2. The first kappa shape index (κ1) is 13.0. The number of thiazole rings is 1. The van der Waals surface area contributed by atoms with E-state index in [4.69, 9.17) is 23.2 Å². The number of hydrogen-bond acceptors (Lipinski definition) is 3. The maximum Gasteiger partial charge on any atom is 0.235 e.